The highest BCUT2D eigenvalue weighted by atomic mass is 32.1. The predicted molar refractivity (Wildman–Crippen MR) is 199 cm³/mol. The van der Waals surface area contributed by atoms with Crippen molar-refractivity contribution in [2.45, 2.75) is 18.0 Å². The summed E-state index contributed by atoms with van der Waals surface area (Å²) in [7, 11) is 0. The Labute approximate surface area is 286 Å². The van der Waals surface area contributed by atoms with Crippen molar-refractivity contribution in [2.75, 3.05) is 0 Å². The van der Waals surface area contributed by atoms with E-state index in [2.05, 4.69) is 115 Å². The zero-order valence-electron chi connectivity index (χ0n) is 26.3. The summed E-state index contributed by atoms with van der Waals surface area (Å²) in [6.45, 7) is 0. The molecule has 4 heteroatoms. The first-order valence-corrected chi connectivity index (χ1v) is 17.2. The second kappa shape index (κ2) is 11.6. The standard InChI is InChI=1S/C45H29F3S/c46-45(47,48)41-16-8-6-14-36(41)39-26-32(27-40-37-15-7-9-17-42(37)49-44(39)40)28-18-20-30(21-19-28)34-24-25-35-33-13-5-4-10-29(33)22-23-38(35)43(34)31-11-2-1-3-12-31/h1-27,34,43H. The molecule has 49 heavy (non-hydrogen) atoms. The van der Waals surface area contributed by atoms with Gasteiger partial charge in [-0.3, -0.25) is 0 Å². The summed E-state index contributed by atoms with van der Waals surface area (Å²) in [4.78, 5) is 0. The molecule has 0 amide bonds. The molecule has 8 aromatic rings. The first-order valence-electron chi connectivity index (χ1n) is 16.4. The summed E-state index contributed by atoms with van der Waals surface area (Å²) in [5, 5.41) is 4.51. The fraction of sp³-hybridized carbons (Fsp3) is 0.0667. The molecule has 0 aliphatic heterocycles. The number of fused-ring (bicyclic) bond motifs is 6. The Hall–Kier alpha value is -5.45. The van der Waals surface area contributed by atoms with E-state index in [-0.39, 0.29) is 17.4 Å². The van der Waals surface area contributed by atoms with Gasteiger partial charge in [0.1, 0.15) is 0 Å². The number of thiophene rings is 1. The molecule has 1 aromatic heterocycles. The molecule has 1 heterocycles. The molecule has 0 saturated heterocycles. The zero-order chi connectivity index (χ0) is 33.1. The number of hydrogen-bond acceptors (Lipinski definition) is 1. The third kappa shape index (κ3) is 5.06. The Morgan fingerprint density at radius 3 is 2.06 bits per heavy atom. The van der Waals surface area contributed by atoms with Crippen LogP contribution >= 0.6 is 11.3 Å². The average molecular weight is 659 g/mol. The second-order valence-electron chi connectivity index (χ2n) is 12.7. The lowest BCUT2D eigenvalue weighted by molar-refractivity contribution is -0.137. The molecule has 1 aliphatic carbocycles. The monoisotopic (exact) mass is 658 g/mol. The molecule has 2 atom stereocenters. The number of hydrogen-bond donors (Lipinski definition) is 0. The van der Waals surface area contributed by atoms with E-state index < -0.39 is 11.7 Å². The van der Waals surface area contributed by atoms with E-state index in [0.717, 1.165) is 31.3 Å². The maximum atomic E-state index is 14.3. The number of benzene rings is 7. The molecule has 0 fully saturated rings. The van der Waals surface area contributed by atoms with Gasteiger partial charge >= 0.3 is 6.18 Å². The van der Waals surface area contributed by atoms with Crippen LogP contribution in [0.25, 0.3) is 59.3 Å². The van der Waals surface area contributed by atoms with E-state index in [0.29, 0.717) is 5.56 Å². The van der Waals surface area contributed by atoms with Gasteiger partial charge in [0.05, 0.1) is 5.56 Å². The Morgan fingerprint density at radius 2 is 1.24 bits per heavy atom. The van der Waals surface area contributed by atoms with Crippen LogP contribution in [0.2, 0.25) is 0 Å². The van der Waals surface area contributed by atoms with Crippen molar-refractivity contribution >= 4 is 48.4 Å². The van der Waals surface area contributed by atoms with Crippen LogP contribution in [-0.4, -0.2) is 0 Å². The van der Waals surface area contributed by atoms with Crippen molar-refractivity contribution in [3.05, 3.63) is 186 Å². The highest BCUT2D eigenvalue weighted by molar-refractivity contribution is 7.26. The minimum atomic E-state index is -4.47. The van der Waals surface area contributed by atoms with Crippen LogP contribution in [0, 0.1) is 0 Å². The van der Waals surface area contributed by atoms with Gasteiger partial charge < -0.3 is 0 Å². The van der Waals surface area contributed by atoms with Crippen molar-refractivity contribution in [1.29, 1.82) is 0 Å². The van der Waals surface area contributed by atoms with Crippen molar-refractivity contribution in [3.8, 4) is 22.3 Å². The first kappa shape index (κ1) is 29.7. The maximum Gasteiger partial charge on any atom is 0.417 e. The number of allylic oxidation sites excluding steroid dienone is 1. The summed E-state index contributed by atoms with van der Waals surface area (Å²) in [6, 6.07) is 50.4. The summed E-state index contributed by atoms with van der Waals surface area (Å²) in [6.07, 6.45) is 0.137. The summed E-state index contributed by atoms with van der Waals surface area (Å²) in [5.41, 5.74) is 7.08. The average Bonchev–Trinajstić information content (AvgIpc) is 3.53. The lowest BCUT2D eigenvalue weighted by atomic mass is 9.71. The molecule has 0 bridgehead atoms. The molecule has 0 radical (unpaired) electrons. The van der Waals surface area contributed by atoms with Gasteiger partial charge in [-0.2, -0.15) is 13.2 Å². The normalized spacial score (nSPS) is 16.0. The molecule has 7 aromatic carbocycles. The topological polar surface area (TPSA) is 0 Å². The van der Waals surface area contributed by atoms with Crippen LogP contribution in [0.15, 0.2) is 158 Å². The van der Waals surface area contributed by atoms with Gasteiger partial charge in [0.2, 0.25) is 0 Å². The third-order valence-electron chi connectivity index (χ3n) is 9.96. The Balaban J connectivity index is 1.18. The van der Waals surface area contributed by atoms with Gasteiger partial charge in [0, 0.05) is 37.6 Å². The molecular weight excluding hydrogens is 630 g/mol. The quantitative estimate of drug-likeness (QED) is 0.177. The lowest BCUT2D eigenvalue weighted by Gasteiger charge is -2.32. The second-order valence-corrected chi connectivity index (χ2v) is 13.8. The predicted octanol–water partition coefficient (Wildman–Crippen LogP) is 13.5. The lowest BCUT2D eigenvalue weighted by Crippen LogP contribution is -2.15. The molecule has 2 unspecified atom stereocenters. The fourth-order valence-corrected chi connectivity index (χ4v) is 8.89. The summed E-state index contributed by atoms with van der Waals surface area (Å²) in [5.74, 6) is 0.248. The van der Waals surface area contributed by atoms with Gasteiger partial charge in [-0.15, -0.1) is 11.3 Å². The van der Waals surface area contributed by atoms with Gasteiger partial charge in [-0.25, -0.2) is 0 Å². The van der Waals surface area contributed by atoms with Crippen LogP contribution in [0.4, 0.5) is 13.2 Å². The third-order valence-corrected chi connectivity index (χ3v) is 11.2. The molecule has 9 rings (SSSR count). The summed E-state index contributed by atoms with van der Waals surface area (Å²) >= 11 is 1.55. The smallest absolute Gasteiger partial charge is 0.166 e. The van der Waals surface area contributed by atoms with Crippen LogP contribution in [0.1, 0.15) is 39.7 Å². The van der Waals surface area contributed by atoms with Crippen LogP contribution in [-0.2, 0) is 6.18 Å². The van der Waals surface area contributed by atoms with E-state index in [1.165, 1.54) is 45.2 Å². The minimum Gasteiger partial charge on any atom is -0.166 e. The van der Waals surface area contributed by atoms with E-state index in [1.807, 2.05) is 24.3 Å². The number of halogens is 3. The van der Waals surface area contributed by atoms with Gasteiger partial charge in [0.15, 0.2) is 0 Å². The number of rotatable bonds is 4. The first-order chi connectivity index (χ1) is 23.9. The van der Waals surface area contributed by atoms with Crippen molar-refractivity contribution in [1.82, 2.24) is 0 Å². The Morgan fingerprint density at radius 1 is 0.531 bits per heavy atom. The molecule has 236 valence electrons. The molecule has 0 N–H and O–H groups in total. The van der Waals surface area contributed by atoms with E-state index >= 15 is 0 Å². The van der Waals surface area contributed by atoms with Crippen molar-refractivity contribution in [3.63, 3.8) is 0 Å². The maximum absolute atomic E-state index is 14.3. The Kier molecular flexibility index (Phi) is 7.03. The SMILES string of the molecule is FC(F)(F)c1ccccc1-c1cc(-c2ccc(C3C=Cc4c(ccc5ccccc45)C3c3ccccc3)cc2)cc2c1sc1ccccc12. The minimum absolute atomic E-state index is 0.114. The Bertz CT molecular complexity index is 2540. The largest absolute Gasteiger partial charge is 0.417 e. The number of alkyl halides is 3. The highest BCUT2D eigenvalue weighted by Crippen LogP contribution is 2.48. The summed E-state index contributed by atoms with van der Waals surface area (Å²) < 4.78 is 44.8. The van der Waals surface area contributed by atoms with Crippen LogP contribution < -0.4 is 0 Å². The molecule has 1 aliphatic rings. The van der Waals surface area contributed by atoms with Crippen molar-refractivity contribution < 1.29 is 13.2 Å². The highest BCUT2D eigenvalue weighted by Gasteiger charge is 2.34. The zero-order valence-corrected chi connectivity index (χ0v) is 27.1. The van der Waals surface area contributed by atoms with Gasteiger partial charge in [0.25, 0.3) is 0 Å². The van der Waals surface area contributed by atoms with E-state index in [1.54, 1.807) is 23.5 Å². The molecule has 0 saturated carbocycles. The van der Waals surface area contributed by atoms with Gasteiger partial charge in [-0.05, 0) is 74.0 Å². The molecule has 0 nitrogen and oxygen atoms in total. The fourth-order valence-electron chi connectivity index (χ4n) is 7.68. The molecule has 0 spiro atoms. The van der Waals surface area contributed by atoms with Crippen LogP contribution in [0.3, 0.4) is 0 Å². The van der Waals surface area contributed by atoms with Gasteiger partial charge in [-0.1, -0.05) is 140 Å². The van der Waals surface area contributed by atoms with Crippen LogP contribution in [0.5, 0.6) is 0 Å². The van der Waals surface area contributed by atoms with E-state index in [9.17, 15) is 13.2 Å². The van der Waals surface area contributed by atoms with Crippen molar-refractivity contribution in [2.24, 2.45) is 0 Å². The molecular formula is C45H29F3S. The van der Waals surface area contributed by atoms with E-state index in [4.69, 9.17) is 0 Å².